The van der Waals surface area contributed by atoms with Gasteiger partial charge in [-0.2, -0.15) is 5.26 Å². The van der Waals surface area contributed by atoms with E-state index in [1.807, 2.05) is 42.5 Å². The minimum absolute atomic E-state index is 0.128. The number of nitrogens with one attached hydrogen (secondary N) is 1. The first kappa shape index (κ1) is 22.2. The zero-order valence-electron chi connectivity index (χ0n) is 16.0. The van der Waals surface area contributed by atoms with Crippen molar-refractivity contribution >= 4 is 50.9 Å². The van der Waals surface area contributed by atoms with E-state index in [1.165, 1.54) is 30.3 Å². The highest BCUT2D eigenvalue weighted by molar-refractivity contribution is 9.10. The highest BCUT2D eigenvalue weighted by Crippen LogP contribution is 2.26. The molecule has 31 heavy (non-hydrogen) atoms. The van der Waals surface area contributed by atoms with Crippen LogP contribution in [0.4, 0.5) is 11.4 Å². The van der Waals surface area contributed by atoms with Crippen LogP contribution in [0.5, 0.6) is 0 Å². The number of rotatable bonds is 6. The highest BCUT2D eigenvalue weighted by Gasteiger charge is 2.13. The smallest absolute Gasteiger partial charge is 0.271 e. The van der Waals surface area contributed by atoms with E-state index in [4.69, 9.17) is 11.6 Å². The van der Waals surface area contributed by atoms with Gasteiger partial charge in [0, 0.05) is 33.7 Å². The summed E-state index contributed by atoms with van der Waals surface area (Å²) in [5.41, 5.74) is 2.60. The zero-order chi connectivity index (χ0) is 22.4. The number of amides is 1. The van der Waals surface area contributed by atoms with Crippen molar-refractivity contribution in [1.82, 2.24) is 0 Å². The number of carbonyl (C=O) groups excluding carboxylic acids is 1. The second-order valence-electron chi connectivity index (χ2n) is 6.55. The van der Waals surface area contributed by atoms with Gasteiger partial charge in [-0.05, 0) is 41.0 Å². The number of nitriles is 1. The molecular formula is C23H15BrClN3O3. The number of nitrogens with zero attached hydrogens (tertiary/aromatic N) is 2. The summed E-state index contributed by atoms with van der Waals surface area (Å²) in [5, 5.41) is 23.5. The van der Waals surface area contributed by atoms with Crippen molar-refractivity contribution in [2.45, 2.75) is 6.42 Å². The van der Waals surface area contributed by atoms with Crippen LogP contribution < -0.4 is 5.32 Å². The fourth-order valence-electron chi connectivity index (χ4n) is 2.85. The molecule has 1 amide bonds. The normalized spacial score (nSPS) is 10.9. The van der Waals surface area contributed by atoms with Crippen LogP contribution >= 0.6 is 27.5 Å². The van der Waals surface area contributed by atoms with Crippen LogP contribution in [0, 0.1) is 21.4 Å². The summed E-state index contributed by atoms with van der Waals surface area (Å²) >= 11 is 9.76. The molecule has 3 aromatic carbocycles. The molecule has 0 aromatic heterocycles. The monoisotopic (exact) mass is 495 g/mol. The third-order valence-corrected chi connectivity index (χ3v) is 5.51. The molecule has 0 aliphatic carbocycles. The molecule has 0 radical (unpaired) electrons. The minimum Gasteiger partial charge on any atom is -0.321 e. The molecule has 0 spiro atoms. The summed E-state index contributed by atoms with van der Waals surface area (Å²) in [6, 6.07) is 20.5. The molecule has 0 unspecified atom stereocenters. The maximum absolute atomic E-state index is 12.5. The minimum atomic E-state index is -0.653. The summed E-state index contributed by atoms with van der Waals surface area (Å²) in [6.45, 7) is 0. The van der Waals surface area contributed by atoms with Gasteiger partial charge in [0.2, 0.25) is 0 Å². The van der Waals surface area contributed by atoms with Crippen LogP contribution in [0.1, 0.15) is 16.7 Å². The molecule has 154 valence electrons. The van der Waals surface area contributed by atoms with E-state index < -0.39 is 10.8 Å². The quantitative estimate of drug-likeness (QED) is 0.192. The molecule has 0 saturated carbocycles. The van der Waals surface area contributed by atoms with Crippen LogP contribution in [0.15, 0.2) is 76.8 Å². The third kappa shape index (κ3) is 5.79. The van der Waals surface area contributed by atoms with E-state index in [2.05, 4.69) is 21.2 Å². The molecule has 0 fully saturated rings. The number of hydrogen-bond donors (Lipinski definition) is 1. The van der Waals surface area contributed by atoms with Crippen LogP contribution in [-0.4, -0.2) is 10.8 Å². The molecule has 3 aromatic rings. The number of nitro benzene ring substituents is 1. The lowest BCUT2D eigenvalue weighted by molar-refractivity contribution is -0.384. The van der Waals surface area contributed by atoms with Crippen LogP contribution in [0.25, 0.3) is 6.08 Å². The van der Waals surface area contributed by atoms with Gasteiger partial charge in [0.05, 0.1) is 4.92 Å². The summed E-state index contributed by atoms with van der Waals surface area (Å²) in [7, 11) is 0. The lowest BCUT2D eigenvalue weighted by atomic mass is 10.0. The molecule has 0 bridgehead atoms. The molecule has 0 aliphatic heterocycles. The molecule has 0 atom stereocenters. The topological polar surface area (TPSA) is 96.0 Å². The van der Waals surface area contributed by atoms with Crippen molar-refractivity contribution in [3.8, 4) is 6.07 Å². The average Bonchev–Trinajstić information content (AvgIpc) is 2.75. The van der Waals surface area contributed by atoms with Gasteiger partial charge in [0.25, 0.3) is 11.6 Å². The zero-order valence-corrected chi connectivity index (χ0v) is 18.4. The van der Waals surface area contributed by atoms with Gasteiger partial charge < -0.3 is 5.32 Å². The van der Waals surface area contributed by atoms with Gasteiger partial charge in [0.1, 0.15) is 11.6 Å². The number of hydrogen-bond acceptors (Lipinski definition) is 4. The SMILES string of the molecule is N#C/C(=C\c1ccc(Cc2ccccc2Cl)c(Br)c1)C(=O)Nc1cccc([N+](=O)[O-])c1. The fourth-order valence-corrected chi connectivity index (χ4v) is 3.59. The fraction of sp³-hybridized carbons (Fsp3) is 0.0435. The standard InChI is InChI=1S/C23H15BrClN3O3/c24-21-11-15(8-9-16(21)12-17-4-1-2-7-22(17)25)10-18(14-26)23(29)27-19-5-3-6-20(13-19)28(30)31/h1-11,13H,12H2,(H,27,29)/b18-10+. The van der Waals surface area contributed by atoms with Gasteiger partial charge >= 0.3 is 0 Å². The summed E-state index contributed by atoms with van der Waals surface area (Å²) < 4.78 is 0.817. The first-order valence-electron chi connectivity index (χ1n) is 9.07. The van der Waals surface area contributed by atoms with E-state index in [0.29, 0.717) is 17.0 Å². The van der Waals surface area contributed by atoms with Gasteiger partial charge in [-0.25, -0.2) is 0 Å². The summed E-state index contributed by atoms with van der Waals surface area (Å²) in [5.74, 6) is -0.653. The van der Waals surface area contributed by atoms with E-state index in [0.717, 1.165) is 15.6 Å². The van der Waals surface area contributed by atoms with Crippen LogP contribution in [0.3, 0.4) is 0 Å². The van der Waals surface area contributed by atoms with Gasteiger partial charge in [0.15, 0.2) is 0 Å². The molecule has 1 N–H and O–H groups in total. The maximum atomic E-state index is 12.5. The molecule has 6 nitrogen and oxygen atoms in total. The maximum Gasteiger partial charge on any atom is 0.271 e. The Morgan fingerprint density at radius 3 is 2.58 bits per heavy atom. The largest absolute Gasteiger partial charge is 0.321 e. The Labute approximate surface area is 192 Å². The first-order valence-corrected chi connectivity index (χ1v) is 10.2. The predicted molar refractivity (Wildman–Crippen MR) is 124 cm³/mol. The van der Waals surface area contributed by atoms with Gasteiger partial charge in [-0.1, -0.05) is 63.9 Å². The highest BCUT2D eigenvalue weighted by atomic mass is 79.9. The molecule has 8 heteroatoms. The predicted octanol–water partition coefficient (Wildman–Crippen LogP) is 6.15. The van der Waals surface area contributed by atoms with Crippen molar-refractivity contribution < 1.29 is 9.72 Å². The van der Waals surface area contributed by atoms with E-state index in [1.54, 1.807) is 6.07 Å². The molecule has 0 heterocycles. The second kappa shape index (κ2) is 10.0. The number of halogens is 2. The number of nitro groups is 1. The molecule has 0 saturated heterocycles. The van der Waals surface area contributed by atoms with Gasteiger partial charge in [-0.15, -0.1) is 0 Å². The number of carbonyl (C=O) groups is 1. The Hall–Kier alpha value is -3.47. The van der Waals surface area contributed by atoms with E-state index in [-0.39, 0.29) is 16.9 Å². The number of benzene rings is 3. The van der Waals surface area contributed by atoms with Crippen molar-refractivity contribution in [1.29, 1.82) is 5.26 Å². The second-order valence-corrected chi connectivity index (χ2v) is 7.81. The van der Waals surface area contributed by atoms with Gasteiger partial charge in [-0.3, -0.25) is 14.9 Å². The first-order chi connectivity index (χ1) is 14.9. The van der Waals surface area contributed by atoms with Crippen LogP contribution in [0.2, 0.25) is 5.02 Å². The van der Waals surface area contributed by atoms with Crippen molar-refractivity contribution in [2.24, 2.45) is 0 Å². The summed E-state index contributed by atoms with van der Waals surface area (Å²) in [6.07, 6.45) is 2.08. The Morgan fingerprint density at radius 2 is 1.90 bits per heavy atom. The Balaban J connectivity index is 1.79. The Morgan fingerprint density at radius 1 is 1.13 bits per heavy atom. The molecule has 3 rings (SSSR count). The summed E-state index contributed by atoms with van der Waals surface area (Å²) in [4.78, 5) is 22.8. The lowest BCUT2D eigenvalue weighted by Gasteiger charge is -2.08. The third-order valence-electron chi connectivity index (χ3n) is 4.41. The van der Waals surface area contributed by atoms with E-state index >= 15 is 0 Å². The number of anilines is 1. The van der Waals surface area contributed by atoms with Crippen molar-refractivity contribution in [3.05, 3.63) is 109 Å². The van der Waals surface area contributed by atoms with Crippen molar-refractivity contribution in [2.75, 3.05) is 5.32 Å². The molecular weight excluding hydrogens is 482 g/mol. The van der Waals surface area contributed by atoms with E-state index in [9.17, 15) is 20.2 Å². The van der Waals surface area contributed by atoms with Crippen LogP contribution in [-0.2, 0) is 11.2 Å². The average molecular weight is 497 g/mol. The Bertz CT molecular complexity index is 1230. The van der Waals surface area contributed by atoms with Crippen molar-refractivity contribution in [3.63, 3.8) is 0 Å². The Kier molecular flexibility index (Phi) is 7.19. The molecule has 0 aliphatic rings. The lowest BCUT2D eigenvalue weighted by Crippen LogP contribution is -2.13. The number of non-ortho nitro benzene ring substituents is 1.